The van der Waals surface area contributed by atoms with E-state index in [1.165, 1.54) is 17.7 Å². The molecule has 31 heavy (non-hydrogen) atoms. The number of nitrogens with zero attached hydrogens (tertiary/aromatic N) is 2. The molecule has 3 aromatic carbocycles. The number of rotatable bonds is 5. The van der Waals surface area contributed by atoms with Gasteiger partial charge in [-0.2, -0.15) is 0 Å². The van der Waals surface area contributed by atoms with Gasteiger partial charge in [0.05, 0.1) is 5.56 Å². The summed E-state index contributed by atoms with van der Waals surface area (Å²) < 4.78 is 13.9. The Bertz CT molecular complexity index is 1060. The second kappa shape index (κ2) is 9.56. The first-order valence-electron chi connectivity index (χ1n) is 10.6. The van der Waals surface area contributed by atoms with Crippen LogP contribution < -0.4 is 0 Å². The van der Waals surface area contributed by atoms with E-state index in [9.17, 15) is 14.0 Å². The van der Waals surface area contributed by atoms with Crippen molar-refractivity contribution in [3.8, 4) is 0 Å². The normalized spacial score (nSPS) is 13.8. The summed E-state index contributed by atoms with van der Waals surface area (Å²) in [5.74, 6) is -0.853. The van der Waals surface area contributed by atoms with Crippen LogP contribution in [0.3, 0.4) is 0 Å². The van der Waals surface area contributed by atoms with E-state index in [0.29, 0.717) is 31.7 Å². The Morgan fingerprint density at radius 3 is 1.81 bits per heavy atom. The smallest absolute Gasteiger partial charge is 0.256 e. The lowest BCUT2D eigenvalue weighted by Gasteiger charge is -2.35. The van der Waals surface area contributed by atoms with Crippen LogP contribution in [0.15, 0.2) is 78.9 Å². The summed E-state index contributed by atoms with van der Waals surface area (Å²) in [4.78, 5) is 29.2. The summed E-state index contributed by atoms with van der Waals surface area (Å²) in [6.45, 7) is 1.66. The third kappa shape index (κ3) is 4.82. The highest BCUT2D eigenvalue weighted by Crippen LogP contribution is 2.18. The summed E-state index contributed by atoms with van der Waals surface area (Å²) in [7, 11) is 0. The quantitative estimate of drug-likeness (QED) is 0.625. The molecule has 0 aliphatic carbocycles. The molecule has 0 aromatic heterocycles. The average Bonchev–Trinajstić information content (AvgIpc) is 2.83. The molecule has 1 aliphatic rings. The molecule has 1 aliphatic heterocycles. The monoisotopic (exact) mass is 416 g/mol. The fraction of sp³-hybridized carbons (Fsp3) is 0.231. The third-order valence-corrected chi connectivity index (χ3v) is 5.73. The minimum Gasteiger partial charge on any atom is -0.335 e. The largest absolute Gasteiger partial charge is 0.335 e. The van der Waals surface area contributed by atoms with Gasteiger partial charge in [0, 0.05) is 31.7 Å². The number of piperazine rings is 1. The van der Waals surface area contributed by atoms with Gasteiger partial charge in [0.15, 0.2) is 0 Å². The Morgan fingerprint density at radius 2 is 1.16 bits per heavy atom. The fourth-order valence-corrected chi connectivity index (χ4v) is 3.96. The number of carbonyl (C=O) groups is 2. The Hall–Kier alpha value is -3.47. The van der Waals surface area contributed by atoms with Crippen molar-refractivity contribution in [1.29, 1.82) is 0 Å². The molecule has 3 aromatic rings. The van der Waals surface area contributed by atoms with Crippen LogP contribution in [-0.2, 0) is 12.8 Å². The summed E-state index contributed by atoms with van der Waals surface area (Å²) in [5.41, 5.74) is 3.06. The van der Waals surface area contributed by atoms with Crippen LogP contribution in [-0.4, -0.2) is 47.8 Å². The second-order valence-electron chi connectivity index (χ2n) is 7.71. The molecule has 5 heteroatoms. The number of carbonyl (C=O) groups excluding carboxylic acids is 2. The van der Waals surface area contributed by atoms with Gasteiger partial charge in [-0.15, -0.1) is 0 Å². The van der Waals surface area contributed by atoms with Crippen LogP contribution in [0.4, 0.5) is 4.39 Å². The lowest BCUT2D eigenvalue weighted by Crippen LogP contribution is -2.50. The van der Waals surface area contributed by atoms with Gasteiger partial charge in [0.2, 0.25) is 0 Å². The van der Waals surface area contributed by atoms with Crippen LogP contribution in [0.5, 0.6) is 0 Å². The molecular formula is C26H25FN2O2. The molecule has 158 valence electrons. The predicted octanol–water partition coefficient (Wildman–Crippen LogP) is 4.21. The van der Waals surface area contributed by atoms with Gasteiger partial charge in [0.25, 0.3) is 11.8 Å². The SMILES string of the molecule is O=C(c1ccccc1F)N1CCN(C(=O)c2ccccc2CCc2ccccc2)CC1. The second-order valence-corrected chi connectivity index (χ2v) is 7.71. The van der Waals surface area contributed by atoms with E-state index >= 15 is 0 Å². The van der Waals surface area contributed by atoms with Gasteiger partial charge in [0.1, 0.15) is 5.82 Å². The zero-order valence-electron chi connectivity index (χ0n) is 17.3. The molecule has 2 amide bonds. The molecule has 4 nitrogen and oxygen atoms in total. The molecule has 1 fully saturated rings. The Balaban J connectivity index is 1.40. The summed E-state index contributed by atoms with van der Waals surface area (Å²) in [5, 5.41) is 0. The van der Waals surface area contributed by atoms with Gasteiger partial charge < -0.3 is 9.80 Å². The average molecular weight is 416 g/mol. The van der Waals surface area contributed by atoms with E-state index in [2.05, 4.69) is 12.1 Å². The van der Waals surface area contributed by atoms with Crippen molar-refractivity contribution in [1.82, 2.24) is 9.80 Å². The van der Waals surface area contributed by atoms with Gasteiger partial charge >= 0.3 is 0 Å². The van der Waals surface area contributed by atoms with E-state index in [0.717, 1.165) is 18.4 Å². The number of amides is 2. The first-order chi connectivity index (χ1) is 15.1. The Kier molecular flexibility index (Phi) is 6.41. The van der Waals surface area contributed by atoms with Crippen molar-refractivity contribution in [3.63, 3.8) is 0 Å². The van der Waals surface area contributed by atoms with Crippen LogP contribution in [0.1, 0.15) is 31.8 Å². The van der Waals surface area contributed by atoms with Gasteiger partial charge in [-0.25, -0.2) is 4.39 Å². The molecule has 0 unspecified atom stereocenters. The molecule has 1 heterocycles. The van der Waals surface area contributed by atoms with Crippen molar-refractivity contribution in [2.75, 3.05) is 26.2 Å². The van der Waals surface area contributed by atoms with Crippen LogP contribution in [0, 0.1) is 5.82 Å². The maximum Gasteiger partial charge on any atom is 0.256 e. The number of hydrogen-bond donors (Lipinski definition) is 0. The van der Waals surface area contributed by atoms with Crippen LogP contribution >= 0.6 is 0 Å². The minimum absolute atomic E-state index is 0.0124. The van der Waals surface area contributed by atoms with Crippen molar-refractivity contribution in [3.05, 3.63) is 107 Å². The highest BCUT2D eigenvalue weighted by atomic mass is 19.1. The molecule has 0 saturated carbocycles. The van der Waals surface area contributed by atoms with E-state index < -0.39 is 5.82 Å². The molecule has 0 N–H and O–H groups in total. The van der Waals surface area contributed by atoms with Gasteiger partial charge in [-0.1, -0.05) is 60.7 Å². The maximum atomic E-state index is 13.9. The fourth-order valence-electron chi connectivity index (χ4n) is 3.96. The summed E-state index contributed by atoms with van der Waals surface area (Å²) in [6, 6.07) is 24.0. The maximum absolute atomic E-state index is 13.9. The zero-order chi connectivity index (χ0) is 21.6. The summed E-state index contributed by atoms with van der Waals surface area (Å²) in [6.07, 6.45) is 1.66. The first-order valence-corrected chi connectivity index (χ1v) is 10.6. The Labute approximate surface area is 181 Å². The van der Waals surface area contributed by atoms with E-state index in [4.69, 9.17) is 0 Å². The van der Waals surface area contributed by atoms with Crippen molar-refractivity contribution >= 4 is 11.8 Å². The lowest BCUT2D eigenvalue weighted by molar-refractivity contribution is 0.0532. The highest BCUT2D eigenvalue weighted by molar-refractivity contribution is 5.97. The van der Waals surface area contributed by atoms with E-state index in [1.54, 1.807) is 21.9 Å². The molecule has 1 saturated heterocycles. The van der Waals surface area contributed by atoms with Crippen LogP contribution in [0.25, 0.3) is 0 Å². The number of halogens is 1. The predicted molar refractivity (Wildman–Crippen MR) is 118 cm³/mol. The molecule has 0 bridgehead atoms. The molecule has 0 radical (unpaired) electrons. The van der Waals surface area contributed by atoms with E-state index in [1.807, 2.05) is 42.5 Å². The zero-order valence-corrected chi connectivity index (χ0v) is 17.3. The van der Waals surface area contributed by atoms with E-state index in [-0.39, 0.29) is 17.4 Å². The third-order valence-electron chi connectivity index (χ3n) is 5.73. The van der Waals surface area contributed by atoms with Crippen molar-refractivity contribution in [2.45, 2.75) is 12.8 Å². The molecule has 4 rings (SSSR count). The first kappa shape index (κ1) is 20.8. The lowest BCUT2D eigenvalue weighted by atomic mass is 9.99. The molecular weight excluding hydrogens is 391 g/mol. The highest BCUT2D eigenvalue weighted by Gasteiger charge is 2.27. The topological polar surface area (TPSA) is 40.6 Å². The number of hydrogen-bond acceptors (Lipinski definition) is 2. The summed E-state index contributed by atoms with van der Waals surface area (Å²) >= 11 is 0. The Morgan fingerprint density at radius 1 is 0.645 bits per heavy atom. The number of aryl methyl sites for hydroxylation is 2. The molecule has 0 spiro atoms. The molecule has 0 atom stereocenters. The van der Waals surface area contributed by atoms with Crippen molar-refractivity contribution < 1.29 is 14.0 Å². The number of benzene rings is 3. The van der Waals surface area contributed by atoms with Crippen LogP contribution in [0.2, 0.25) is 0 Å². The van der Waals surface area contributed by atoms with Crippen molar-refractivity contribution in [2.24, 2.45) is 0 Å². The minimum atomic E-state index is -0.515. The standard InChI is InChI=1S/C26H25FN2O2/c27-24-13-7-6-12-23(24)26(31)29-18-16-28(17-19-29)25(30)22-11-5-4-10-21(22)15-14-20-8-2-1-3-9-20/h1-13H,14-19H2. The van der Waals surface area contributed by atoms with Gasteiger partial charge in [-0.3, -0.25) is 9.59 Å². The van der Waals surface area contributed by atoms with Gasteiger partial charge in [-0.05, 0) is 42.2 Å².